The zero-order chi connectivity index (χ0) is 35.2. The van der Waals surface area contributed by atoms with Crippen molar-refractivity contribution < 1.29 is 0 Å². The largest absolute Gasteiger partial charge is 0.310 e. The molecule has 14 rings (SSSR count). The van der Waals surface area contributed by atoms with Crippen LogP contribution in [0.4, 0.5) is 17.1 Å². The molecular formula is C53H47N. The third-order valence-electron chi connectivity index (χ3n) is 16.3. The summed E-state index contributed by atoms with van der Waals surface area (Å²) in [5.74, 6) is 5.03. The second kappa shape index (κ2) is 10.9. The van der Waals surface area contributed by atoms with Gasteiger partial charge in [-0.1, -0.05) is 116 Å². The van der Waals surface area contributed by atoms with Gasteiger partial charge in [0.1, 0.15) is 0 Å². The average molecular weight is 698 g/mol. The van der Waals surface area contributed by atoms with Gasteiger partial charge in [-0.05, 0) is 167 Å². The molecule has 6 fully saturated rings. The Labute approximate surface area is 320 Å². The molecule has 264 valence electrons. The molecule has 3 unspecified atom stereocenters. The summed E-state index contributed by atoms with van der Waals surface area (Å²) in [6.45, 7) is 0. The van der Waals surface area contributed by atoms with E-state index in [0.29, 0.717) is 0 Å². The summed E-state index contributed by atoms with van der Waals surface area (Å²) in [6, 6.07) is 54.4. The minimum Gasteiger partial charge on any atom is -0.310 e. The molecule has 54 heavy (non-hydrogen) atoms. The van der Waals surface area contributed by atoms with Crippen molar-refractivity contribution in [3.8, 4) is 33.4 Å². The molecule has 6 bridgehead atoms. The van der Waals surface area contributed by atoms with Gasteiger partial charge < -0.3 is 4.90 Å². The number of anilines is 3. The molecule has 1 heteroatoms. The van der Waals surface area contributed by atoms with Crippen LogP contribution in [0.5, 0.6) is 0 Å². The van der Waals surface area contributed by atoms with E-state index in [9.17, 15) is 0 Å². The van der Waals surface area contributed by atoms with Gasteiger partial charge in [0.25, 0.3) is 0 Å². The Kier molecular flexibility index (Phi) is 6.13. The van der Waals surface area contributed by atoms with Crippen molar-refractivity contribution >= 4 is 17.1 Å². The van der Waals surface area contributed by atoms with Crippen LogP contribution in [-0.2, 0) is 10.8 Å². The van der Waals surface area contributed by atoms with E-state index in [1.165, 1.54) is 108 Å². The van der Waals surface area contributed by atoms with Gasteiger partial charge in [0.2, 0.25) is 0 Å². The molecule has 0 saturated heterocycles. The number of fused-ring (bicyclic) bond motifs is 11. The van der Waals surface area contributed by atoms with Crippen LogP contribution in [0.25, 0.3) is 33.4 Å². The Morgan fingerprint density at radius 2 is 1.07 bits per heavy atom. The second-order valence-electron chi connectivity index (χ2n) is 18.5. The van der Waals surface area contributed by atoms with Gasteiger partial charge in [0, 0.05) is 27.8 Å². The van der Waals surface area contributed by atoms with Crippen LogP contribution in [0.3, 0.4) is 0 Å². The minimum absolute atomic E-state index is 0.144. The summed E-state index contributed by atoms with van der Waals surface area (Å²) in [6.07, 6.45) is 12.6. The highest BCUT2D eigenvalue weighted by molar-refractivity contribution is 5.97. The monoisotopic (exact) mass is 697 g/mol. The summed E-state index contributed by atoms with van der Waals surface area (Å²) < 4.78 is 0. The summed E-state index contributed by atoms with van der Waals surface area (Å²) in [5.41, 5.74) is 19.0. The van der Waals surface area contributed by atoms with E-state index < -0.39 is 0 Å². The van der Waals surface area contributed by atoms with Crippen LogP contribution < -0.4 is 4.90 Å². The van der Waals surface area contributed by atoms with E-state index >= 15 is 0 Å². The molecule has 0 heterocycles. The fourth-order valence-corrected chi connectivity index (χ4v) is 14.8. The molecule has 3 atom stereocenters. The lowest BCUT2D eigenvalue weighted by Gasteiger charge is -2.61. The third kappa shape index (κ3) is 3.81. The standard InChI is InChI=1S/C53H47N/c1-2-10-36(11-3-1)37-12-8-13-41(30-37)54(50-19-9-18-49-51(50)44-15-5-6-16-46(44)52(49)32-33-20-21-38(52)25-33)42-22-23-48-45(31-42)43-14-4-7-17-47(43)53(48)39-26-34-24-35(28-39)29-40(53)27-34/h1-19,22-23,30-31,33-35,38-40H,20-21,24-29,32H2. The maximum absolute atomic E-state index is 2.64. The second-order valence-corrected chi connectivity index (χ2v) is 18.5. The van der Waals surface area contributed by atoms with Crippen LogP contribution in [-0.4, -0.2) is 0 Å². The van der Waals surface area contributed by atoms with Crippen LogP contribution in [0.1, 0.15) is 80.0 Å². The number of hydrogen-bond donors (Lipinski definition) is 0. The Morgan fingerprint density at radius 3 is 1.85 bits per heavy atom. The number of nitrogens with zero attached hydrogens (tertiary/aromatic N) is 1. The highest BCUT2D eigenvalue weighted by atomic mass is 15.1. The van der Waals surface area contributed by atoms with Crippen molar-refractivity contribution in [3.63, 3.8) is 0 Å². The first kappa shape index (κ1) is 30.4. The molecule has 8 aliphatic rings. The zero-order valence-electron chi connectivity index (χ0n) is 31.1. The molecule has 0 radical (unpaired) electrons. The van der Waals surface area contributed by atoms with Crippen molar-refractivity contribution in [1.82, 2.24) is 0 Å². The highest BCUT2D eigenvalue weighted by Gasteiger charge is 2.62. The number of rotatable bonds is 4. The van der Waals surface area contributed by atoms with Gasteiger partial charge in [-0.3, -0.25) is 0 Å². The van der Waals surface area contributed by atoms with Crippen molar-refractivity contribution in [1.29, 1.82) is 0 Å². The Hall–Kier alpha value is -4.88. The fraction of sp³-hybridized carbons (Fsp3) is 0.321. The van der Waals surface area contributed by atoms with E-state index in [1.807, 2.05) is 0 Å². The lowest BCUT2D eigenvalue weighted by Crippen LogP contribution is -2.55. The van der Waals surface area contributed by atoms with Crippen LogP contribution in [0.15, 0.2) is 140 Å². The molecular weight excluding hydrogens is 651 g/mol. The van der Waals surface area contributed by atoms with Crippen molar-refractivity contribution in [3.05, 3.63) is 162 Å². The minimum atomic E-state index is 0.144. The number of benzene rings is 6. The van der Waals surface area contributed by atoms with E-state index in [1.54, 1.807) is 22.3 Å². The summed E-state index contributed by atoms with van der Waals surface area (Å²) in [5, 5.41) is 0. The van der Waals surface area contributed by atoms with Crippen molar-refractivity contribution in [2.75, 3.05) is 4.90 Å². The summed E-state index contributed by atoms with van der Waals surface area (Å²) in [7, 11) is 0. The average Bonchev–Trinajstić information content (AvgIpc) is 3.98. The molecule has 1 nitrogen and oxygen atoms in total. The van der Waals surface area contributed by atoms with Crippen LogP contribution in [0.2, 0.25) is 0 Å². The smallest absolute Gasteiger partial charge is 0.0543 e. The Balaban J connectivity index is 1.05. The first-order valence-corrected chi connectivity index (χ1v) is 21.1. The van der Waals surface area contributed by atoms with Gasteiger partial charge in [-0.25, -0.2) is 0 Å². The molecule has 0 aromatic heterocycles. The molecule has 8 aliphatic carbocycles. The lowest BCUT2D eigenvalue weighted by atomic mass is 9.43. The predicted octanol–water partition coefficient (Wildman–Crippen LogP) is 13.6. The van der Waals surface area contributed by atoms with Crippen molar-refractivity contribution in [2.24, 2.45) is 35.5 Å². The molecule has 6 aromatic carbocycles. The van der Waals surface area contributed by atoms with Crippen molar-refractivity contribution in [2.45, 2.75) is 68.6 Å². The maximum atomic E-state index is 2.64. The normalized spacial score (nSPS) is 31.2. The Morgan fingerprint density at radius 1 is 0.426 bits per heavy atom. The SMILES string of the molecule is c1ccc(-c2cccc(N(c3ccc4c(c3)-c3ccccc3C43C4CC5CC(C4)CC3C5)c3cccc4c3-c3ccccc3C43CC4CCC3C4)c2)cc1. The topological polar surface area (TPSA) is 3.24 Å². The summed E-state index contributed by atoms with van der Waals surface area (Å²) >= 11 is 0. The molecule has 0 aliphatic heterocycles. The first-order valence-electron chi connectivity index (χ1n) is 21.1. The molecule has 0 N–H and O–H groups in total. The Bertz CT molecular complexity index is 2480. The molecule has 6 aromatic rings. The summed E-state index contributed by atoms with van der Waals surface area (Å²) in [4.78, 5) is 2.64. The van der Waals surface area contributed by atoms with E-state index in [0.717, 1.165) is 35.5 Å². The maximum Gasteiger partial charge on any atom is 0.0543 e. The van der Waals surface area contributed by atoms with Gasteiger partial charge in [-0.15, -0.1) is 0 Å². The van der Waals surface area contributed by atoms with E-state index in [-0.39, 0.29) is 10.8 Å². The van der Waals surface area contributed by atoms with Crippen LogP contribution >= 0.6 is 0 Å². The highest BCUT2D eigenvalue weighted by Crippen LogP contribution is 2.70. The zero-order valence-corrected chi connectivity index (χ0v) is 31.1. The predicted molar refractivity (Wildman–Crippen MR) is 221 cm³/mol. The quantitative estimate of drug-likeness (QED) is 0.177. The fourth-order valence-electron chi connectivity index (χ4n) is 14.8. The molecule has 2 spiro atoms. The number of hydrogen-bond acceptors (Lipinski definition) is 1. The van der Waals surface area contributed by atoms with Gasteiger partial charge in [0.15, 0.2) is 0 Å². The van der Waals surface area contributed by atoms with Gasteiger partial charge in [0.05, 0.1) is 5.69 Å². The van der Waals surface area contributed by atoms with E-state index in [2.05, 4.69) is 144 Å². The molecule has 6 saturated carbocycles. The third-order valence-corrected chi connectivity index (χ3v) is 16.3. The van der Waals surface area contributed by atoms with Gasteiger partial charge >= 0.3 is 0 Å². The molecule has 0 amide bonds. The van der Waals surface area contributed by atoms with E-state index in [4.69, 9.17) is 0 Å². The van der Waals surface area contributed by atoms with Crippen LogP contribution in [0, 0.1) is 35.5 Å². The lowest BCUT2D eigenvalue weighted by molar-refractivity contribution is -0.0399. The van der Waals surface area contributed by atoms with Gasteiger partial charge in [-0.2, -0.15) is 0 Å². The first-order chi connectivity index (χ1) is 26.7.